The van der Waals surface area contributed by atoms with Gasteiger partial charge >= 0.3 is 5.97 Å². The second-order valence-electron chi connectivity index (χ2n) is 3.05. The van der Waals surface area contributed by atoms with Crippen LogP contribution in [0.15, 0.2) is 11.1 Å². The number of carbonyl (C=O) groups excluding carboxylic acids is 1. The number of halogens is 1. The summed E-state index contributed by atoms with van der Waals surface area (Å²) in [4.78, 5) is 19.4. The van der Waals surface area contributed by atoms with Crippen molar-refractivity contribution in [3.05, 3.63) is 17.6 Å². The van der Waals surface area contributed by atoms with Gasteiger partial charge in [-0.25, -0.2) is 14.8 Å². The quantitative estimate of drug-likeness (QED) is 0.267. The SMILES string of the molecule is COC(=O)c1nc(C)cc(SCCCCl)n1. The highest BCUT2D eigenvalue weighted by Crippen LogP contribution is 2.17. The number of nitrogens with zero attached hydrogens (tertiary/aromatic N) is 2. The summed E-state index contributed by atoms with van der Waals surface area (Å²) in [5.74, 6) is 1.10. The number of rotatable bonds is 5. The molecule has 1 heterocycles. The van der Waals surface area contributed by atoms with Crippen molar-refractivity contribution in [2.75, 3.05) is 18.7 Å². The minimum absolute atomic E-state index is 0.107. The second-order valence-corrected chi connectivity index (χ2v) is 4.55. The van der Waals surface area contributed by atoms with E-state index < -0.39 is 5.97 Å². The molecule has 0 fully saturated rings. The Hall–Kier alpha value is -0.810. The molecule has 1 aromatic rings. The van der Waals surface area contributed by atoms with Gasteiger partial charge in [0.1, 0.15) is 5.03 Å². The minimum Gasteiger partial charge on any atom is -0.463 e. The van der Waals surface area contributed by atoms with Gasteiger partial charge in [-0.15, -0.1) is 23.4 Å². The topological polar surface area (TPSA) is 52.1 Å². The van der Waals surface area contributed by atoms with Crippen LogP contribution < -0.4 is 0 Å². The van der Waals surface area contributed by atoms with E-state index in [2.05, 4.69) is 14.7 Å². The summed E-state index contributed by atoms with van der Waals surface area (Å²) in [5.41, 5.74) is 0.753. The molecule has 1 rings (SSSR count). The van der Waals surface area contributed by atoms with Crippen molar-refractivity contribution < 1.29 is 9.53 Å². The maximum absolute atomic E-state index is 11.3. The van der Waals surface area contributed by atoms with Crippen molar-refractivity contribution >= 4 is 29.3 Å². The summed E-state index contributed by atoms with van der Waals surface area (Å²) >= 11 is 7.14. The number of aryl methyl sites for hydroxylation is 1. The van der Waals surface area contributed by atoms with Crippen LogP contribution in [0.3, 0.4) is 0 Å². The lowest BCUT2D eigenvalue weighted by atomic mass is 10.4. The molecule has 4 nitrogen and oxygen atoms in total. The number of hydrogen-bond donors (Lipinski definition) is 0. The summed E-state index contributed by atoms with van der Waals surface area (Å²) in [6.07, 6.45) is 0.906. The smallest absolute Gasteiger partial charge is 0.376 e. The number of alkyl halides is 1. The highest BCUT2D eigenvalue weighted by Gasteiger charge is 2.11. The lowest BCUT2D eigenvalue weighted by Gasteiger charge is -2.03. The van der Waals surface area contributed by atoms with Crippen LogP contribution >= 0.6 is 23.4 Å². The summed E-state index contributed by atoms with van der Waals surface area (Å²) in [5, 5.41) is 0.776. The Morgan fingerprint density at radius 1 is 1.56 bits per heavy atom. The molecule has 0 aliphatic carbocycles. The first-order valence-corrected chi connectivity index (χ1v) is 6.32. The Morgan fingerprint density at radius 2 is 2.31 bits per heavy atom. The number of hydrogen-bond acceptors (Lipinski definition) is 5. The Labute approximate surface area is 104 Å². The van der Waals surface area contributed by atoms with Gasteiger partial charge in [-0.3, -0.25) is 0 Å². The van der Waals surface area contributed by atoms with E-state index in [4.69, 9.17) is 11.6 Å². The molecule has 88 valence electrons. The number of methoxy groups -OCH3 is 1. The molecule has 0 radical (unpaired) electrons. The molecule has 0 bridgehead atoms. The van der Waals surface area contributed by atoms with E-state index in [9.17, 15) is 4.79 Å². The average molecular weight is 261 g/mol. The van der Waals surface area contributed by atoms with Gasteiger partial charge in [-0.2, -0.15) is 0 Å². The molecule has 0 N–H and O–H groups in total. The van der Waals surface area contributed by atoms with Crippen LogP contribution in [0.25, 0.3) is 0 Å². The first-order chi connectivity index (χ1) is 7.67. The fourth-order valence-corrected chi connectivity index (χ4v) is 2.22. The van der Waals surface area contributed by atoms with Crippen LogP contribution in [0.4, 0.5) is 0 Å². The van der Waals surface area contributed by atoms with Gasteiger partial charge in [0, 0.05) is 17.3 Å². The minimum atomic E-state index is -0.511. The van der Waals surface area contributed by atoms with Crippen LogP contribution in [0.2, 0.25) is 0 Å². The Kier molecular flexibility index (Phi) is 5.55. The van der Waals surface area contributed by atoms with E-state index >= 15 is 0 Å². The lowest BCUT2D eigenvalue weighted by molar-refractivity contribution is 0.0585. The zero-order valence-corrected chi connectivity index (χ0v) is 10.8. The lowest BCUT2D eigenvalue weighted by Crippen LogP contribution is -2.08. The largest absolute Gasteiger partial charge is 0.463 e. The number of carbonyl (C=O) groups is 1. The van der Waals surface area contributed by atoms with Crippen LogP contribution in [0.5, 0.6) is 0 Å². The molecule has 0 saturated heterocycles. The predicted octanol–water partition coefficient (Wildman–Crippen LogP) is 2.29. The molecular weight excluding hydrogens is 248 g/mol. The molecule has 16 heavy (non-hydrogen) atoms. The zero-order valence-electron chi connectivity index (χ0n) is 9.20. The Bertz CT molecular complexity index is 374. The Morgan fingerprint density at radius 3 is 2.94 bits per heavy atom. The van der Waals surface area contributed by atoms with Gasteiger partial charge in [-0.1, -0.05) is 0 Å². The van der Waals surface area contributed by atoms with E-state index in [1.807, 2.05) is 13.0 Å². The van der Waals surface area contributed by atoms with E-state index in [1.165, 1.54) is 7.11 Å². The van der Waals surface area contributed by atoms with Crippen molar-refractivity contribution in [2.45, 2.75) is 18.4 Å². The van der Waals surface area contributed by atoms with Crippen LogP contribution in [0, 0.1) is 6.92 Å². The number of aromatic nitrogens is 2. The third kappa shape index (κ3) is 3.98. The summed E-state index contributed by atoms with van der Waals surface area (Å²) in [6, 6.07) is 1.84. The fraction of sp³-hybridized carbons (Fsp3) is 0.500. The summed E-state index contributed by atoms with van der Waals surface area (Å²) in [7, 11) is 1.31. The van der Waals surface area contributed by atoms with Crippen LogP contribution in [-0.2, 0) is 4.74 Å². The van der Waals surface area contributed by atoms with E-state index in [0.717, 1.165) is 22.9 Å². The van der Waals surface area contributed by atoms with Gasteiger partial charge in [0.15, 0.2) is 0 Å². The highest BCUT2D eigenvalue weighted by molar-refractivity contribution is 7.99. The van der Waals surface area contributed by atoms with Crippen molar-refractivity contribution in [1.29, 1.82) is 0 Å². The number of ether oxygens (including phenoxy) is 1. The Balaban J connectivity index is 2.77. The third-order valence-electron chi connectivity index (χ3n) is 1.73. The molecular formula is C10H13ClN2O2S. The van der Waals surface area contributed by atoms with Crippen LogP contribution in [0.1, 0.15) is 22.7 Å². The zero-order chi connectivity index (χ0) is 12.0. The predicted molar refractivity (Wildman–Crippen MR) is 64.2 cm³/mol. The highest BCUT2D eigenvalue weighted by atomic mass is 35.5. The molecule has 0 amide bonds. The van der Waals surface area contributed by atoms with E-state index in [-0.39, 0.29) is 5.82 Å². The standard InChI is InChI=1S/C10H13ClN2O2S/c1-7-6-8(16-5-3-4-11)13-9(12-7)10(14)15-2/h6H,3-5H2,1-2H3. The van der Waals surface area contributed by atoms with Gasteiger partial charge in [-0.05, 0) is 19.4 Å². The van der Waals surface area contributed by atoms with E-state index in [0.29, 0.717) is 5.88 Å². The van der Waals surface area contributed by atoms with Crippen molar-refractivity contribution in [1.82, 2.24) is 9.97 Å². The number of thioether (sulfide) groups is 1. The molecule has 0 aliphatic rings. The van der Waals surface area contributed by atoms with Gasteiger partial charge < -0.3 is 4.74 Å². The van der Waals surface area contributed by atoms with Crippen LogP contribution in [-0.4, -0.2) is 34.7 Å². The fourth-order valence-electron chi connectivity index (χ4n) is 1.03. The van der Waals surface area contributed by atoms with E-state index in [1.54, 1.807) is 11.8 Å². The monoisotopic (exact) mass is 260 g/mol. The van der Waals surface area contributed by atoms with Crippen molar-refractivity contribution in [3.63, 3.8) is 0 Å². The molecule has 0 saturated carbocycles. The molecule has 0 spiro atoms. The van der Waals surface area contributed by atoms with Crippen molar-refractivity contribution in [3.8, 4) is 0 Å². The molecule has 0 aromatic carbocycles. The summed E-state index contributed by atoms with van der Waals surface area (Å²) in [6.45, 7) is 1.82. The number of esters is 1. The molecule has 0 aliphatic heterocycles. The summed E-state index contributed by atoms with van der Waals surface area (Å²) < 4.78 is 4.58. The second kappa shape index (κ2) is 6.70. The maximum Gasteiger partial charge on any atom is 0.376 e. The maximum atomic E-state index is 11.3. The normalized spacial score (nSPS) is 10.2. The van der Waals surface area contributed by atoms with Gasteiger partial charge in [0.2, 0.25) is 5.82 Å². The average Bonchev–Trinajstić information content (AvgIpc) is 2.27. The molecule has 0 unspecified atom stereocenters. The molecule has 6 heteroatoms. The molecule has 0 atom stereocenters. The third-order valence-corrected chi connectivity index (χ3v) is 2.99. The van der Waals surface area contributed by atoms with Gasteiger partial charge in [0.25, 0.3) is 0 Å². The van der Waals surface area contributed by atoms with Crippen molar-refractivity contribution in [2.24, 2.45) is 0 Å². The van der Waals surface area contributed by atoms with Gasteiger partial charge in [0.05, 0.1) is 7.11 Å². The first-order valence-electron chi connectivity index (χ1n) is 4.80. The molecule has 1 aromatic heterocycles. The first kappa shape index (κ1) is 13.3.